The maximum atomic E-state index is 14.4. The number of ether oxygens (including phenoxy) is 1. The first-order valence-corrected chi connectivity index (χ1v) is 14.6. The van der Waals surface area contributed by atoms with Gasteiger partial charge in [-0.2, -0.15) is 0 Å². The fraction of sp³-hybridized carbons (Fsp3) is 0.562. The van der Waals surface area contributed by atoms with Crippen molar-refractivity contribution in [3.63, 3.8) is 0 Å². The molecule has 2 aliphatic rings. The molecule has 1 aromatic heterocycles. The summed E-state index contributed by atoms with van der Waals surface area (Å²) in [5, 5.41) is 14.0. The third-order valence-corrected chi connectivity index (χ3v) is 7.67. The van der Waals surface area contributed by atoms with Gasteiger partial charge >= 0.3 is 6.09 Å². The molecule has 0 bridgehead atoms. The second-order valence-corrected chi connectivity index (χ2v) is 13.2. The summed E-state index contributed by atoms with van der Waals surface area (Å²) in [6, 6.07) is 8.77. The topological polar surface area (TPSA) is 112 Å². The number of benzene rings is 1. The number of pyridine rings is 1. The molecule has 0 spiro atoms. The normalized spacial score (nSPS) is 20.5. The molecule has 9 heteroatoms. The number of hydrogen-bond donors (Lipinski definition) is 2. The molecule has 2 heterocycles. The van der Waals surface area contributed by atoms with Crippen LogP contribution in [0.3, 0.4) is 0 Å². The first-order valence-electron chi connectivity index (χ1n) is 14.6. The number of nitrogens with zero attached hydrogens (tertiary/aromatic N) is 3. The third-order valence-electron chi connectivity index (χ3n) is 7.67. The standard InChI is InChI=1S/C32H44N4O5/c1-31(2,3)22-14-16-24(17-15-22)36(29(39)27-25(37)20-35(27)30(40)41-32(4,5)6)26(21-11-10-18-33-19-21)28(38)34-23-12-8-7-9-13-23/h10-11,14-19,23,25-27,37H,7-9,12-13,20H2,1-6H3,(H,34,38)/t25?,26?,27-/m1/s1. The van der Waals surface area contributed by atoms with Gasteiger partial charge in [-0.05, 0) is 62.8 Å². The first kappa shape index (κ1) is 30.5. The fourth-order valence-corrected chi connectivity index (χ4v) is 5.44. The van der Waals surface area contributed by atoms with Crippen LogP contribution in [0.5, 0.6) is 0 Å². The van der Waals surface area contributed by atoms with Crippen LogP contribution >= 0.6 is 0 Å². The van der Waals surface area contributed by atoms with Gasteiger partial charge in [-0.1, -0.05) is 58.2 Å². The van der Waals surface area contributed by atoms with Crippen molar-refractivity contribution in [2.45, 2.75) is 109 Å². The SMILES string of the molecule is CC(C)(C)OC(=O)N1CC(O)[C@@H]1C(=O)N(c1ccc(C(C)(C)C)cc1)C(C(=O)NC1CCCCC1)c1cccnc1. The van der Waals surface area contributed by atoms with E-state index in [1.807, 2.05) is 24.3 Å². The molecule has 1 aliphatic carbocycles. The highest BCUT2D eigenvalue weighted by Gasteiger charge is 2.51. The van der Waals surface area contributed by atoms with Gasteiger partial charge in [0, 0.05) is 29.7 Å². The molecular weight excluding hydrogens is 520 g/mol. The van der Waals surface area contributed by atoms with Gasteiger partial charge in [0.05, 0.1) is 6.54 Å². The Labute approximate surface area is 243 Å². The van der Waals surface area contributed by atoms with E-state index in [2.05, 4.69) is 31.1 Å². The molecule has 2 unspecified atom stereocenters. The van der Waals surface area contributed by atoms with Gasteiger partial charge in [-0.25, -0.2) is 4.79 Å². The fourth-order valence-electron chi connectivity index (χ4n) is 5.44. The van der Waals surface area contributed by atoms with E-state index in [1.165, 1.54) is 9.80 Å². The summed E-state index contributed by atoms with van der Waals surface area (Å²) in [5.74, 6) is -0.887. The van der Waals surface area contributed by atoms with Crippen LogP contribution in [0, 0.1) is 0 Å². The Kier molecular flexibility index (Phi) is 9.07. The summed E-state index contributed by atoms with van der Waals surface area (Å²) >= 11 is 0. The predicted octanol–water partition coefficient (Wildman–Crippen LogP) is 4.88. The second-order valence-electron chi connectivity index (χ2n) is 13.2. The van der Waals surface area contributed by atoms with Gasteiger partial charge in [0.25, 0.3) is 5.91 Å². The zero-order chi connectivity index (χ0) is 29.9. The number of β-amino-alcohol motifs (C(OH)–C–C–N with tert-alkyl or cyclic N) is 1. The van der Waals surface area contributed by atoms with E-state index in [9.17, 15) is 19.5 Å². The molecular formula is C32H44N4O5. The smallest absolute Gasteiger partial charge is 0.411 e. The van der Waals surface area contributed by atoms with Crippen molar-refractivity contribution < 1.29 is 24.2 Å². The Morgan fingerprint density at radius 1 is 1.02 bits per heavy atom. The third kappa shape index (κ3) is 7.25. The number of anilines is 1. The number of aliphatic hydroxyl groups is 1. The molecule has 9 nitrogen and oxygen atoms in total. The molecule has 41 heavy (non-hydrogen) atoms. The lowest BCUT2D eigenvalue weighted by Crippen LogP contribution is -2.69. The highest BCUT2D eigenvalue weighted by molar-refractivity contribution is 6.05. The summed E-state index contributed by atoms with van der Waals surface area (Å²) in [6.45, 7) is 11.5. The van der Waals surface area contributed by atoms with Crippen LogP contribution in [0.25, 0.3) is 0 Å². The first-order chi connectivity index (χ1) is 19.3. The van der Waals surface area contributed by atoms with Crippen molar-refractivity contribution in [2.75, 3.05) is 11.4 Å². The van der Waals surface area contributed by atoms with Crippen LogP contribution in [0.2, 0.25) is 0 Å². The van der Waals surface area contributed by atoms with Crippen molar-refractivity contribution in [3.05, 3.63) is 59.9 Å². The number of hydrogen-bond acceptors (Lipinski definition) is 6. The summed E-state index contributed by atoms with van der Waals surface area (Å²) in [6.07, 6.45) is 6.40. The number of carbonyl (C=O) groups is 3. The number of aliphatic hydroxyl groups excluding tert-OH is 1. The highest BCUT2D eigenvalue weighted by atomic mass is 16.6. The molecule has 1 saturated carbocycles. The molecule has 3 amide bonds. The second kappa shape index (κ2) is 12.2. The zero-order valence-electron chi connectivity index (χ0n) is 25.1. The Hall–Kier alpha value is -3.46. The van der Waals surface area contributed by atoms with Gasteiger partial charge in [-0.15, -0.1) is 0 Å². The number of nitrogens with one attached hydrogen (secondary N) is 1. The van der Waals surface area contributed by atoms with E-state index < -0.39 is 35.8 Å². The molecule has 3 atom stereocenters. The van der Waals surface area contributed by atoms with Crippen LogP contribution in [0.4, 0.5) is 10.5 Å². The van der Waals surface area contributed by atoms with Gasteiger partial charge in [-0.3, -0.25) is 24.4 Å². The van der Waals surface area contributed by atoms with Crippen molar-refractivity contribution in [1.29, 1.82) is 0 Å². The average Bonchev–Trinajstić information content (AvgIpc) is 2.89. The number of aromatic nitrogens is 1. The van der Waals surface area contributed by atoms with Crippen molar-refractivity contribution in [2.24, 2.45) is 0 Å². The molecule has 2 N–H and O–H groups in total. The Balaban J connectivity index is 1.77. The molecule has 0 radical (unpaired) electrons. The Bertz CT molecular complexity index is 1210. The Morgan fingerprint density at radius 3 is 2.22 bits per heavy atom. The molecule has 2 fully saturated rings. The summed E-state index contributed by atoms with van der Waals surface area (Å²) in [7, 11) is 0. The van der Waals surface area contributed by atoms with E-state index in [4.69, 9.17) is 4.74 Å². The van der Waals surface area contributed by atoms with E-state index in [1.54, 1.807) is 45.3 Å². The minimum atomic E-state index is -1.20. The quantitative estimate of drug-likeness (QED) is 0.517. The van der Waals surface area contributed by atoms with Crippen molar-refractivity contribution in [3.8, 4) is 0 Å². The van der Waals surface area contributed by atoms with E-state index in [0.29, 0.717) is 11.3 Å². The van der Waals surface area contributed by atoms with Gasteiger partial charge in [0.1, 0.15) is 23.8 Å². The maximum Gasteiger partial charge on any atom is 0.411 e. The van der Waals surface area contributed by atoms with Crippen molar-refractivity contribution in [1.82, 2.24) is 15.2 Å². The minimum absolute atomic E-state index is 0.0168. The number of likely N-dealkylation sites (tertiary alicyclic amines) is 1. The minimum Gasteiger partial charge on any atom is -0.444 e. The summed E-state index contributed by atoms with van der Waals surface area (Å²) < 4.78 is 5.52. The van der Waals surface area contributed by atoms with E-state index in [0.717, 1.165) is 37.7 Å². The van der Waals surface area contributed by atoms with Crippen LogP contribution in [0.1, 0.15) is 90.8 Å². The van der Waals surface area contributed by atoms with Crippen LogP contribution in [0.15, 0.2) is 48.8 Å². The average molecular weight is 565 g/mol. The summed E-state index contributed by atoms with van der Waals surface area (Å²) in [5.41, 5.74) is 1.20. The lowest BCUT2D eigenvalue weighted by atomic mass is 9.87. The van der Waals surface area contributed by atoms with Gasteiger partial charge in [0.15, 0.2) is 0 Å². The molecule has 1 saturated heterocycles. The van der Waals surface area contributed by atoms with Crippen molar-refractivity contribution >= 4 is 23.6 Å². The predicted molar refractivity (Wildman–Crippen MR) is 157 cm³/mol. The number of amides is 3. The largest absolute Gasteiger partial charge is 0.444 e. The summed E-state index contributed by atoms with van der Waals surface area (Å²) in [4.78, 5) is 48.4. The van der Waals surface area contributed by atoms with E-state index in [-0.39, 0.29) is 23.9 Å². The van der Waals surface area contributed by atoms with Gasteiger partial charge in [0.2, 0.25) is 5.91 Å². The number of carbonyl (C=O) groups excluding carboxylic acids is 3. The zero-order valence-corrected chi connectivity index (χ0v) is 25.1. The number of rotatable bonds is 6. The Morgan fingerprint density at radius 2 is 1.68 bits per heavy atom. The lowest BCUT2D eigenvalue weighted by molar-refractivity contribution is -0.141. The van der Waals surface area contributed by atoms with E-state index >= 15 is 0 Å². The molecule has 4 rings (SSSR count). The molecule has 1 aromatic carbocycles. The van der Waals surface area contributed by atoms with Gasteiger partial charge < -0.3 is 15.2 Å². The molecule has 222 valence electrons. The monoisotopic (exact) mass is 564 g/mol. The van der Waals surface area contributed by atoms with Crippen LogP contribution in [-0.4, -0.2) is 63.2 Å². The molecule has 1 aliphatic heterocycles. The maximum absolute atomic E-state index is 14.4. The van der Waals surface area contributed by atoms with Crippen LogP contribution < -0.4 is 10.2 Å². The molecule has 2 aromatic rings. The lowest BCUT2D eigenvalue weighted by Gasteiger charge is -2.46. The highest BCUT2D eigenvalue weighted by Crippen LogP contribution is 2.34. The van der Waals surface area contributed by atoms with Crippen LogP contribution in [-0.2, 0) is 19.7 Å².